The van der Waals surface area contributed by atoms with Gasteiger partial charge in [-0.3, -0.25) is 0 Å². The molecule has 0 aliphatic carbocycles. The van der Waals surface area contributed by atoms with E-state index >= 15 is 0 Å². The van der Waals surface area contributed by atoms with Crippen LogP contribution in [0.5, 0.6) is 5.75 Å². The second-order valence-electron chi connectivity index (χ2n) is 4.48. The predicted molar refractivity (Wildman–Crippen MR) is 92.8 cm³/mol. The lowest BCUT2D eigenvalue weighted by molar-refractivity contribution is 0.0449. The molecule has 6 nitrogen and oxygen atoms in total. The fourth-order valence-corrected chi connectivity index (χ4v) is 2.85. The average molecular weight is 447 g/mol. The molecule has 2 aromatic carbocycles. The number of rotatable bonds is 6. The maximum atomic E-state index is 11.9. The summed E-state index contributed by atoms with van der Waals surface area (Å²) < 4.78 is 33.6. The Hall–Kier alpha value is -1.65. The third kappa shape index (κ3) is 5.19. The van der Waals surface area contributed by atoms with Gasteiger partial charge in [0, 0.05) is 3.57 Å². The molecule has 0 spiro atoms. The first-order valence-electron chi connectivity index (χ1n) is 6.55. The van der Waals surface area contributed by atoms with E-state index in [1.807, 2.05) is 12.1 Å². The molecule has 0 bridgehead atoms. The molecule has 2 rings (SSSR count). The number of benzene rings is 2. The van der Waals surface area contributed by atoms with Gasteiger partial charge in [-0.25, -0.2) is 18.4 Å². The van der Waals surface area contributed by atoms with Crippen molar-refractivity contribution in [3.8, 4) is 5.75 Å². The van der Waals surface area contributed by atoms with E-state index in [0.717, 1.165) is 3.57 Å². The molecule has 0 amide bonds. The zero-order valence-corrected chi connectivity index (χ0v) is 14.9. The lowest BCUT2D eigenvalue weighted by Crippen LogP contribution is -2.14. The fraction of sp³-hybridized carbons (Fsp3) is 0.133. The molecule has 0 aliphatic heterocycles. The summed E-state index contributed by atoms with van der Waals surface area (Å²) in [5, 5.41) is 5.00. The largest absolute Gasteiger partial charge is 0.490 e. The van der Waals surface area contributed by atoms with Crippen LogP contribution in [0.2, 0.25) is 0 Å². The monoisotopic (exact) mass is 447 g/mol. The molecule has 122 valence electrons. The summed E-state index contributed by atoms with van der Waals surface area (Å²) in [6.07, 6.45) is 0. The maximum Gasteiger partial charge on any atom is 0.339 e. The second kappa shape index (κ2) is 7.75. The maximum absolute atomic E-state index is 11.9. The van der Waals surface area contributed by atoms with Gasteiger partial charge in [-0.15, -0.1) is 0 Å². The van der Waals surface area contributed by atoms with Crippen LogP contribution in [-0.2, 0) is 14.8 Å². The van der Waals surface area contributed by atoms with E-state index in [1.54, 1.807) is 12.1 Å². The van der Waals surface area contributed by atoms with Crippen molar-refractivity contribution in [1.82, 2.24) is 0 Å². The van der Waals surface area contributed by atoms with Crippen LogP contribution < -0.4 is 9.88 Å². The van der Waals surface area contributed by atoms with Crippen LogP contribution in [0.25, 0.3) is 0 Å². The van der Waals surface area contributed by atoms with E-state index in [1.165, 1.54) is 24.3 Å². The number of esters is 1. The Balaban J connectivity index is 1.82. The molecule has 0 atom stereocenters. The molecule has 0 unspecified atom stereocenters. The number of halogens is 1. The van der Waals surface area contributed by atoms with Crippen molar-refractivity contribution in [2.24, 2.45) is 5.14 Å². The number of sulfonamides is 1. The molecule has 2 N–H and O–H groups in total. The molecule has 0 fully saturated rings. The zero-order valence-electron chi connectivity index (χ0n) is 11.9. The van der Waals surface area contributed by atoms with Gasteiger partial charge in [-0.1, -0.05) is 12.1 Å². The van der Waals surface area contributed by atoms with Crippen molar-refractivity contribution in [3.63, 3.8) is 0 Å². The molecule has 0 aromatic heterocycles. The Morgan fingerprint density at radius 3 is 2.30 bits per heavy atom. The highest BCUT2D eigenvalue weighted by Crippen LogP contribution is 2.15. The number of carbonyl (C=O) groups is 1. The zero-order chi connectivity index (χ0) is 16.9. The van der Waals surface area contributed by atoms with E-state index in [2.05, 4.69) is 22.6 Å². The predicted octanol–water partition coefficient (Wildman–Crippen LogP) is 2.17. The number of nitrogens with two attached hydrogens (primary N) is 1. The van der Waals surface area contributed by atoms with Crippen molar-refractivity contribution in [2.75, 3.05) is 13.2 Å². The molecular weight excluding hydrogens is 433 g/mol. The summed E-state index contributed by atoms with van der Waals surface area (Å²) >= 11 is 2.06. The van der Waals surface area contributed by atoms with Crippen molar-refractivity contribution < 1.29 is 22.7 Å². The second-order valence-corrected chi connectivity index (χ2v) is 7.20. The van der Waals surface area contributed by atoms with E-state index in [-0.39, 0.29) is 18.1 Å². The van der Waals surface area contributed by atoms with Crippen LogP contribution >= 0.6 is 22.6 Å². The smallest absolute Gasteiger partial charge is 0.339 e. The Bertz CT molecular complexity index is 790. The molecule has 0 aliphatic rings. The minimum absolute atomic E-state index is 0.00919. The number of hydrogen-bond donors (Lipinski definition) is 1. The Morgan fingerprint density at radius 2 is 1.70 bits per heavy atom. The normalized spacial score (nSPS) is 11.0. The van der Waals surface area contributed by atoms with Gasteiger partial charge in [0.2, 0.25) is 10.0 Å². The van der Waals surface area contributed by atoms with Gasteiger partial charge in [-0.05, 0) is 59.0 Å². The van der Waals surface area contributed by atoms with Crippen LogP contribution in [0.3, 0.4) is 0 Å². The highest BCUT2D eigenvalue weighted by molar-refractivity contribution is 14.1. The quantitative estimate of drug-likeness (QED) is 0.416. The molecule has 0 saturated carbocycles. The van der Waals surface area contributed by atoms with E-state index in [9.17, 15) is 13.2 Å². The van der Waals surface area contributed by atoms with Crippen molar-refractivity contribution in [2.45, 2.75) is 4.90 Å². The summed E-state index contributed by atoms with van der Waals surface area (Å²) in [6, 6.07) is 12.8. The van der Waals surface area contributed by atoms with Gasteiger partial charge in [0.1, 0.15) is 19.0 Å². The molecule has 2 aromatic rings. The van der Waals surface area contributed by atoms with Crippen LogP contribution in [-0.4, -0.2) is 27.6 Å². The van der Waals surface area contributed by atoms with Gasteiger partial charge < -0.3 is 9.47 Å². The van der Waals surface area contributed by atoms with Crippen LogP contribution in [0.4, 0.5) is 0 Å². The summed E-state index contributed by atoms with van der Waals surface area (Å²) in [7, 11) is -3.72. The summed E-state index contributed by atoms with van der Waals surface area (Å²) in [5.74, 6) is 0.0471. The highest BCUT2D eigenvalue weighted by atomic mass is 127. The Morgan fingerprint density at radius 1 is 1.04 bits per heavy atom. The topological polar surface area (TPSA) is 95.7 Å². The minimum Gasteiger partial charge on any atom is -0.490 e. The summed E-state index contributed by atoms with van der Waals surface area (Å²) in [5.41, 5.74) is 0.505. The summed E-state index contributed by atoms with van der Waals surface area (Å²) in [4.78, 5) is 11.9. The van der Waals surface area contributed by atoms with Crippen molar-refractivity contribution >= 4 is 38.6 Å². The SMILES string of the molecule is NS(=O)(=O)c1ccc(OCCOC(=O)c2ccccc2I)cc1. The molecule has 0 radical (unpaired) electrons. The number of primary sulfonamides is 1. The summed E-state index contributed by atoms with van der Waals surface area (Å²) in [6.45, 7) is 0.241. The van der Waals surface area contributed by atoms with E-state index in [0.29, 0.717) is 11.3 Å². The molecule has 0 heterocycles. The van der Waals surface area contributed by atoms with Gasteiger partial charge >= 0.3 is 5.97 Å². The molecule has 0 saturated heterocycles. The lowest BCUT2D eigenvalue weighted by Gasteiger charge is -2.08. The minimum atomic E-state index is -3.72. The van der Waals surface area contributed by atoms with Crippen LogP contribution in [0.1, 0.15) is 10.4 Å². The third-order valence-electron chi connectivity index (χ3n) is 2.83. The first kappa shape index (κ1) is 17.7. The number of ether oxygens (including phenoxy) is 2. The van der Waals surface area contributed by atoms with E-state index in [4.69, 9.17) is 14.6 Å². The van der Waals surface area contributed by atoms with Gasteiger partial charge in [0.25, 0.3) is 0 Å². The Kier molecular flexibility index (Phi) is 5.97. The van der Waals surface area contributed by atoms with Gasteiger partial charge in [-0.2, -0.15) is 0 Å². The van der Waals surface area contributed by atoms with E-state index < -0.39 is 16.0 Å². The first-order chi connectivity index (χ1) is 10.9. The third-order valence-corrected chi connectivity index (χ3v) is 4.70. The average Bonchev–Trinajstić information content (AvgIpc) is 2.51. The van der Waals surface area contributed by atoms with Crippen molar-refractivity contribution in [1.29, 1.82) is 0 Å². The van der Waals surface area contributed by atoms with Gasteiger partial charge in [0.05, 0.1) is 10.5 Å². The highest BCUT2D eigenvalue weighted by Gasteiger charge is 2.10. The lowest BCUT2D eigenvalue weighted by atomic mass is 10.2. The number of carbonyl (C=O) groups excluding carboxylic acids is 1. The number of hydrogen-bond acceptors (Lipinski definition) is 5. The molecular formula is C15H14INO5S. The molecule has 8 heteroatoms. The van der Waals surface area contributed by atoms with Crippen molar-refractivity contribution in [3.05, 3.63) is 57.7 Å². The van der Waals surface area contributed by atoms with Crippen LogP contribution in [0.15, 0.2) is 53.4 Å². The van der Waals surface area contributed by atoms with Crippen LogP contribution in [0, 0.1) is 3.57 Å². The fourth-order valence-electron chi connectivity index (χ4n) is 1.72. The molecule has 23 heavy (non-hydrogen) atoms. The van der Waals surface area contributed by atoms with Gasteiger partial charge in [0.15, 0.2) is 0 Å². The standard InChI is InChI=1S/C15H14INO5S/c16-14-4-2-1-3-13(14)15(18)22-10-9-21-11-5-7-12(8-6-11)23(17,19)20/h1-8H,9-10H2,(H2,17,19,20). The Labute approximate surface area is 147 Å². The first-order valence-corrected chi connectivity index (χ1v) is 9.18.